The quantitative estimate of drug-likeness (QED) is 0.651. The number of aromatic amines is 1. The highest BCUT2D eigenvalue weighted by molar-refractivity contribution is 6.15. The van der Waals surface area contributed by atoms with Crippen LogP contribution in [-0.4, -0.2) is 63.2 Å². The van der Waals surface area contributed by atoms with Crippen molar-refractivity contribution in [1.82, 2.24) is 20.0 Å². The molecule has 2 N–H and O–H groups in total. The number of carboxylic acid groups (broad SMARTS) is 1. The van der Waals surface area contributed by atoms with Crippen molar-refractivity contribution in [3.8, 4) is 5.75 Å². The highest BCUT2D eigenvalue weighted by Crippen LogP contribution is 2.36. The number of amides is 1. The van der Waals surface area contributed by atoms with Gasteiger partial charge in [-0.2, -0.15) is 5.10 Å². The number of para-hydroxylation sites is 2. The van der Waals surface area contributed by atoms with E-state index in [4.69, 9.17) is 9.84 Å². The van der Waals surface area contributed by atoms with Crippen LogP contribution in [0.5, 0.6) is 5.75 Å². The largest absolute Gasteiger partial charge is 0.465 e. The molecule has 1 saturated heterocycles. The van der Waals surface area contributed by atoms with Gasteiger partial charge < -0.3 is 14.7 Å². The van der Waals surface area contributed by atoms with Gasteiger partial charge in [0.15, 0.2) is 5.76 Å². The van der Waals surface area contributed by atoms with E-state index >= 15 is 0 Å². The second-order valence-electron chi connectivity index (χ2n) is 7.43. The summed E-state index contributed by atoms with van der Waals surface area (Å²) >= 11 is 0. The van der Waals surface area contributed by atoms with E-state index < -0.39 is 6.09 Å². The Balaban J connectivity index is 1.38. The van der Waals surface area contributed by atoms with Gasteiger partial charge in [0.25, 0.3) is 0 Å². The Labute approximate surface area is 172 Å². The van der Waals surface area contributed by atoms with Crippen LogP contribution in [-0.2, 0) is 6.54 Å². The molecule has 0 spiro atoms. The third-order valence-electron chi connectivity index (χ3n) is 5.58. The summed E-state index contributed by atoms with van der Waals surface area (Å²) in [5.41, 5.74) is 3.02. The number of allylic oxidation sites excluding steroid dienone is 1. The number of carbonyl (C=O) groups excluding carboxylic acids is 1. The predicted molar refractivity (Wildman–Crippen MR) is 110 cm³/mol. The number of benzene rings is 2. The fourth-order valence-corrected chi connectivity index (χ4v) is 3.95. The number of H-pyrrole nitrogens is 1. The standard InChI is InChI=1S/C22H20N4O4/c27-20-16-6-3-4-14(13-25-8-10-26(11-9-25)22(28)29)21(16)30-19(20)12-18-15-5-1-2-7-17(15)23-24-18/h1-7,12H,8-11,13H2,(H,23,24)(H,28,29). The maximum atomic E-state index is 12.9. The Morgan fingerprint density at radius 3 is 2.73 bits per heavy atom. The molecule has 152 valence electrons. The first-order valence-electron chi connectivity index (χ1n) is 9.79. The lowest BCUT2D eigenvalue weighted by Crippen LogP contribution is -2.47. The highest BCUT2D eigenvalue weighted by atomic mass is 16.5. The molecule has 2 aliphatic heterocycles. The predicted octanol–water partition coefficient (Wildman–Crippen LogP) is 2.97. The van der Waals surface area contributed by atoms with Crippen LogP contribution >= 0.6 is 0 Å². The molecule has 3 heterocycles. The second-order valence-corrected chi connectivity index (χ2v) is 7.43. The van der Waals surface area contributed by atoms with Crippen LogP contribution in [0.3, 0.4) is 0 Å². The number of hydrogen-bond donors (Lipinski definition) is 2. The van der Waals surface area contributed by atoms with Gasteiger partial charge in [-0.3, -0.25) is 14.8 Å². The summed E-state index contributed by atoms with van der Waals surface area (Å²) in [6, 6.07) is 13.3. The van der Waals surface area contributed by atoms with E-state index in [9.17, 15) is 9.59 Å². The fourth-order valence-electron chi connectivity index (χ4n) is 3.95. The van der Waals surface area contributed by atoms with Crippen molar-refractivity contribution >= 4 is 28.9 Å². The zero-order chi connectivity index (χ0) is 20.7. The average molecular weight is 404 g/mol. The van der Waals surface area contributed by atoms with Crippen LogP contribution in [0.4, 0.5) is 4.79 Å². The van der Waals surface area contributed by atoms with Crippen molar-refractivity contribution in [3.63, 3.8) is 0 Å². The van der Waals surface area contributed by atoms with Crippen molar-refractivity contribution in [3.05, 3.63) is 65.0 Å². The molecule has 2 aliphatic rings. The maximum Gasteiger partial charge on any atom is 0.407 e. The molecule has 2 aromatic carbocycles. The molecule has 0 atom stereocenters. The summed E-state index contributed by atoms with van der Waals surface area (Å²) in [6.07, 6.45) is 0.793. The highest BCUT2D eigenvalue weighted by Gasteiger charge is 2.31. The van der Waals surface area contributed by atoms with E-state index in [0.29, 0.717) is 49.7 Å². The van der Waals surface area contributed by atoms with Crippen LogP contribution in [0, 0.1) is 0 Å². The van der Waals surface area contributed by atoms with Gasteiger partial charge in [-0.25, -0.2) is 4.79 Å². The lowest BCUT2D eigenvalue weighted by Gasteiger charge is -2.33. The van der Waals surface area contributed by atoms with Gasteiger partial charge in [-0.05, 0) is 12.1 Å². The fraction of sp³-hybridized carbons (Fsp3) is 0.227. The van der Waals surface area contributed by atoms with Gasteiger partial charge in [0.1, 0.15) is 5.75 Å². The number of piperazine rings is 1. The lowest BCUT2D eigenvalue weighted by molar-refractivity contribution is 0.101. The van der Waals surface area contributed by atoms with Gasteiger partial charge in [0, 0.05) is 49.7 Å². The molecule has 8 heteroatoms. The molecule has 0 unspecified atom stereocenters. The van der Waals surface area contributed by atoms with E-state index in [2.05, 4.69) is 15.1 Å². The molecule has 5 rings (SSSR count). The maximum absolute atomic E-state index is 12.9. The molecule has 30 heavy (non-hydrogen) atoms. The summed E-state index contributed by atoms with van der Waals surface area (Å²) in [5, 5.41) is 17.3. The monoisotopic (exact) mass is 404 g/mol. The van der Waals surface area contributed by atoms with Gasteiger partial charge in [-0.15, -0.1) is 0 Å². The van der Waals surface area contributed by atoms with Crippen molar-refractivity contribution < 1.29 is 19.4 Å². The molecule has 0 aliphatic carbocycles. The van der Waals surface area contributed by atoms with Crippen molar-refractivity contribution in [2.75, 3.05) is 26.2 Å². The van der Waals surface area contributed by atoms with Crippen molar-refractivity contribution in [1.29, 1.82) is 0 Å². The SMILES string of the molecule is O=C1C(=Cc2n[nH]c3ccccc23)Oc2c(CN3CCN(C(=O)O)CC3)cccc21. The molecular weight excluding hydrogens is 384 g/mol. The van der Waals surface area contributed by atoms with E-state index in [0.717, 1.165) is 16.5 Å². The molecule has 0 bridgehead atoms. The lowest BCUT2D eigenvalue weighted by atomic mass is 10.1. The zero-order valence-corrected chi connectivity index (χ0v) is 16.2. The Morgan fingerprint density at radius 2 is 1.93 bits per heavy atom. The normalized spacial score (nSPS) is 18.1. The van der Waals surface area contributed by atoms with E-state index in [1.54, 1.807) is 12.1 Å². The molecule has 0 radical (unpaired) electrons. The number of nitrogens with zero attached hydrogens (tertiary/aromatic N) is 3. The molecular formula is C22H20N4O4. The number of fused-ring (bicyclic) bond motifs is 2. The number of ketones is 1. The molecule has 3 aromatic rings. The number of Topliss-reactive ketones (excluding diaryl/α,β-unsaturated/α-hetero) is 1. The van der Waals surface area contributed by atoms with Crippen molar-refractivity contribution in [2.24, 2.45) is 0 Å². The van der Waals surface area contributed by atoms with Crippen LogP contribution in [0.25, 0.3) is 17.0 Å². The average Bonchev–Trinajstić information content (AvgIpc) is 3.31. The van der Waals surface area contributed by atoms with Gasteiger partial charge in [0.2, 0.25) is 5.78 Å². The Bertz CT molecular complexity index is 1170. The number of rotatable bonds is 3. The van der Waals surface area contributed by atoms with Gasteiger partial charge in [-0.1, -0.05) is 30.3 Å². The summed E-state index contributed by atoms with van der Waals surface area (Å²) in [6.45, 7) is 2.84. The topological polar surface area (TPSA) is 98.8 Å². The summed E-state index contributed by atoms with van der Waals surface area (Å²) in [5.74, 6) is 0.675. The minimum atomic E-state index is -0.884. The number of carbonyl (C=O) groups is 2. The van der Waals surface area contributed by atoms with E-state index in [1.807, 2.05) is 36.4 Å². The summed E-state index contributed by atoms with van der Waals surface area (Å²) < 4.78 is 6.00. The minimum Gasteiger partial charge on any atom is -0.465 e. The first-order valence-corrected chi connectivity index (χ1v) is 9.79. The third kappa shape index (κ3) is 3.21. The third-order valence-corrected chi connectivity index (χ3v) is 5.58. The molecule has 1 aromatic heterocycles. The first kappa shape index (κ1) is 18.4. The van der Waals surface area contributed by atoms with Crippen LogP contribution in [0.2, 0.25) is 0 Å². The number of hydrogen-bond acceptors (Lipinski definition) is 5. The molecule has 0 saturated carbocycles. The van der Waals surface area contributed by atoms with Crippen LogP contribution in [0.1, 0.15) is 21.6 Å². The first-order chi connectivity index (χ1) is 14.6. The van der Waals surface area contributed by atoms with Crippen LogP contribution in [0.15, 0.2) is 48.2 Å². The zero-order valence-electron chi connectivity index (χ0n) is 16.2. The molecule has 1 amide bonds. The number of ether oxygens (including phenoxy) is 1. The van der Waals surface area contributed by atoms with E-state index in [-0.39, 0.29) is 11.5 Å². The Hall–Kier alpha value is -3.65. The van der Waals surface area contributed by atoms with Gasteiger partial charge >= 0.3 is 6.09 Å². The van der Waals surface area contributed by atoms with Crippen molar-refractivity contribution in [2.45, 2.75) is 6.54 Å². The number of aromatic nitrogens is 2. The minimum absolute atomic E-state index is 0.158. The molecule has 8 nitrogen and oxygen atoms in total. The van der Waals surface area contributed by atoms with E-state index in [1.165, 1.54) is 4.90 Å². The Kier molecular flexibility index (Phi) is 4.48. The summed E-state index contributed by atoms with van der Waals surface area (Å²) in [4.78, 5) is 27.6. The number of nitrogens with one attached hydrogen (secondary N) is 1. The smallest absolute Gasteiger partial charge is 0.407 e. The van der Waals surface area contributed by atoms with Gasteiger partial charge in [0.05, 0.1) is 16.8 Å². The second kappa shape index (κ2) is 7.31. The van der Waals surface area contributed by atoms with Crippen LogP contribution < -0.4 is 4.74 Å². The Morgan fingerprint density at radius 1 is 1.13 bits per heavy atom. The molecule has 1 fully saturated rings. The summed E-state index contributed by atoms with van der Waals surface area (Å²) in [7, 11) is 0.